The van der Waals surface area contributed by atoms with Crippen LogP contribution in [0, 0.1) is 15.5 Å². The first-order valence-corrected chi connectivity index (χ1v) is 26.8. The first-order valence-electron chi connectivity index (χ1n) is 23.0. The second-order valence-corrected chi connectivity index (χ2v) is 23.1. The number of sulfonamides is 2. The fourth-order valence-electron chi connectivity index (χ4n) is 9.73. The van der Waals surface area contributed by atoms with E-state index < -0.39 is 41.5 Å². The maximum Gasteiger partial charge on any atom is 0.297 e. The first kappa shape index (κ1) is 48.3. The Hall–Kier alpha value is -5.77. The molecule has 2 saturated heterocycles. The van der Waals surface area contributed by atoms with Gasteiger partial charge in [-0.15, -0.1) is 0 Å². The molecule has 0 radical (unpaired) electrons. The summed E-state index contributed by atoms with van der Waals surface area (Å²) in [5, 5.41) is 17.1. The Labute approximate surface area is 406 Å². The number of H-pyrrole nitrogens is 1. The van der Waals surface area contributed by atoms with Gasteiger partial charge in [0, 0.05) is 85.8 Å². The third-order valence-electron chi connectivity index (χ3n) is 13.4. The molecule has 4 aliphatic rings. The van der Waals surface area contributed by atoms with E-state index in [0.717, 1.165) is 68.4 Å². The van der Waals surface area contributed by atoms with Crippen molar-refractivity contribution in [1.82, 2.24) is 29.2 Å². The van der Waals surface area contributed by atoms with Crippen molar-refractivity contribution in [1.29, 1.82) is 0 Å². The number of allylic oxidation sites excluding steroid dienone is 1. The fraction of sp³-hybridized carbons (Fsp3) is 0.417. The summed E-state index contributed by atoms with van der Waals surface area (Å²) >= 11 is 6.25. The number of rotatable bonds is 14. The number of piperidine rings is 1. The SMILES string of the molecule is CC1(C)CCC(CN2CCN(c3ccc(C(=O)NS(=O)(=O)c4cc5c(c([N+](=O)[O-])c4)N[C@H](CN4CCC(NS(C)(=O)=O)CC4)CO5)c(Oc4cnc5[nH]ccc5c4)c3)CC2)=C(c2ccc(Cl)cc2)C1. The third-order valence-corrected chi connectivity index (χ3v) is 15.7. The number of nitro groups is 1. The minimum Gasteiger partial charge on any atom is -0.489 e. The lowest BCUT2D eigenvalue weighted by atomic mass is 9.72. The van der Waals surface area contributed by atoms with Crippen LogP contribution in [0.1, 0.15) is 61.9 Å². The molecule has 21 heteroatoms. The molecule has 69 heavy (non-hydrogen) atoms. The highest BCUT2D eigenvalue weighted by molar-refractivity contribution is 7.90. The van der Waals surface area contributed by atoms with Gasteiger partial charge >= 0.3 is 0 Å². The highest BCUT2D eigenvalue weighted by Gasteiger charge is 2.34. The van der Waals surface area contributed by atoms with Crippen molar-refractivity contribution in [2.45, 2.75) is 62.9 Å². The number of hydrogen-bond acceptors (Lipinski definition) is 14. The average Bonchev–Trinajstić information content (AvgIpc) is 3.78. The summed E-state index contributed by atoms with van der Waals surface area (Å²) < 4.78 is 68.4. The lowest BCUT2D eigenvalue weighted by Gasteiger charge is -2.39. The summed E-state index contributed by atoms with van der Waals surface area (Å²) in [6, 6.07) is 18.2. The molecule has 5 aromatic rings. The Kier molecular flexibility index (Phi) is 13.7. The Morgan fingerprint density at radius 2 is 1.74 bits per heavy atom. The third kappa shape index (κ3) is 11.5. The van der Waals surface area contributed by atoms with Gasteiger partial charge in [0.25, 0.3) is 21.6 Å². The van der Waals surface area contributed by atoms with Crippen molar-refractivity contribution in [2.24, 2.45) is 5.41 Å². The molecular weight excluding hydrogens is 946 g/mol. The van der Waals surface area contributed by atoms with E-state index in [4.69, 9.17) is 21.1 Å². The molecule has 3 aromatic carbocycles. The minimum atomic E-state index is -4.71. The van der Waals surface area contributed by atoms with Crippen LogP contribution in [-0.4, -0.2) is 125 Å². The number of piperazine rings is 1. The van der Waals surface area contributed by atoms with Crippen molar-refractivity contribution < 1.29 is 36.0 Å². The quantitative estimate of drug-likeness (QED) is 0.0650. The van der Waals surface area contributed by atoms with Crippen LogP contribution in [0.15, 0.2) is 89.6 Å². The molecule has 0 bridgehead atoms. The second-order valence-electron chi connectivity index (χ2n) is 19.2. The van der Waals surface area contributed by atoms with Crippen molar-refractivity contribution in [3.05, 3.63) is 111 Å². The number of aromatic nitrogens is 2. The molecule has 1 atom stereocenters. The van der Waals surface area contributed by atoms with Crippen molar-refractivity contribution in [3.8, 4) is 17.2 Å². The number of nitrogens with one attached hydrogen (secondary N) is 4. The number of anilines is 2. The zero-order valence-electron chi connectivity index (χ0n) is 38.7. The molecule has 2 fully saturated rings. The number of halogens is 1. The normalized spacial score (nSPS) is 19.4. The largest absolute Gasteiger partial charge is 0.489 e. The van der Waals surface area contributed by atoms with Crippen molar-refractivity contribution in [3.63, 3.8) is 0 Å². The Morgan fingerprint density at radius 1 is 0.986 bits per heavy atom. The van der Waals surface area contributed by atoms with Gasteiger partial charge in [-0.2, -0.15) is 0 Å². The fourth-order valence-corrected chi connectivity index (χ4v) is 11.7. The van der Waals surface area contributed by atoms with Gasteiger partial charge in [-0.1, -0.05) is 43.2 Å². The van der Waals surface area contributed by atoms with Crippen LogP contribution in [0.25, 0.3) is 16.6 Å². The van der Waals surface area contributed by atoms with E-state index in [1.54, 1.807) is 24.4 Å². The maximum atomic E-state index is 14.1. The van der Waals surface area contributed by atoms with Crippen molar-refractivity contribution in [2.75, 3.05) is 75.4 Å². The minimum absolute atomic E-state index is 0.0214. The van der Waals surface area contributed by atoms with Gasteiger partial charge in [0.15, 0.2) is 11.4 Å². The Morgan fingerprint density at radius 3 is 2.46 bits per heavy atom. The van der Waals surface area contributed by atoms with E-state index in [9.17, 15) is 31.7 Å². The molecule has 3 aliphatic heterocycles. The topological polar surface area (TPSA) is 221 Å². The molecule has 366 valence electrons. The van der Waals surface area contributed by atoms with E-state index >= 15 is 0 Å². The molecule has 9 rings (SSSR count). The molecule has 0 unspecified atom stereocenters. The summed E-state index contributed by atoms with van der Waals surface area (Å²) in [7, 11) is -8.04. The van der Waals surface area contributed by atoms with E-state index in [1.165, 1.54) is 29.0 Å². The number of hydrogen-bond donors (Lipinski definition) is 4. The predicted octanol–water partition coefficient (Wildman–Crippen LogP) is 7.01. The molecule has 1 amide bonds. The number of nitrogens with zero attached hydrogens (tertiary/aromatic N) is 5. The smallest absolute Gasteiger partial charge is 0.297 e. The zero-order valence-corrected chi connectivity index (χ0v) is 41.1. The summed E-state index contributed by atoms with van der Waals surface area (Å²) in [5.41, 5.74) is 5.09. The first-order chi connectivity index (χ1) is 32.8. The van der Waals surface area contributed by atoms with Crippen LogP contribution < -0.4 is 29.1 Å². The number of pyridine rings is 1. The van der Waals surface area contributed by atoms with Crippen LogP contribution in [0.3, 0.4) is 0 Å². The number of ether oxygens (including phenoxy) is 2. The van der Waals surface area contributed by atoms with E-state index in [0.29, 0.717) is 62.0 Å². The summed E-state index contributed by atoms with van der Waals surface area (Å²) in [5.74, 6) is -0.643. The summed E-state index contributed by atoms with van der Waals surface area (Å²) in [6.07, 6.45) is 8.74. The van der Waals surface area contributed by atoms with Crippen LogP contribution in [0.2, 0.25) is 5.02 Å². The molecule has 2 aromatic heterocycles. The number of carbonyl (C=O) groups is 1. The summed E-state index contributed by atoms with van der Waals surface area (Å²) in [4.78, 5) is 39.6. The van der Waals surface area contributed by atoms with Crippen LogP contribution in [0.4, 0.5) is 17.1 Å². The maximum absolute atomic E-state index is 14.1. The van der Waals surface area contributed by atoms with Gasteiger partial charge < -0.3 is 29.6 Å². The Balaban J connectivity index is 0.910. The standard InChI is InChI=1S/C48H56ClN9O9S2/c1-48(2)14-10-33(41(26-48)31-4-6-34(49)7-5-31)28-56-18-20-57(21-19-56)37-8-9-40(43(23-37)67-38-22-32-11-15-50-46(32)51-27-38)47(59)54-69(64,65)39-24-42(58(60)61)45-44(25-39)66-30-36(52-45)29-55-16-12-35(13-17-55)53-68(3,62)63/h4-9,11,15,22-25,27,35-36,52-53H,10,12-14,16-21,26,28-30H2,1-3H3,(H,50,51)(H,54,59)/t36-/m1/s1. The highest BCUT2D eigenvalue weighted by atomic mass is 35.5. The zero-order chi connectivity index (χ0) is 48.7. The van der Waals surface area contributed by atoms with E-state index in [2.05, 4.69) is 65.4 Å². The van der Waals surface area contributed by atoms with Crippen LogP contribution >= 0.6 is 11.6 Å². The molecule has 0 saturated carbocycles. The molecule has 1 aliphatic carbocycles. The van der Waals surface area contributed by atoms with E-state index in [-0.39, 0.29) is 46.9 Å². The number of amides is 1. The average molecular weight is 1000 g/mol. The summed E-state index contributed by atoms with van der Waals surface area (Å²) in [6.45, 7) is 10.2. The van der Waals surface area contributed by atoms with Gasteiger partial charge in [-0.25, -0.2) is 31.3 Å². The molecule has 0 spiro atoms. The van der Waals surface area contributed by atoms with Crippen LogP contribution in [-0.2, 0) is 20.0 Å². The van der Waals surface area contributed by atoms with Crippen molar-refractivity contribution >= 4 is 71.2 Å². The number of aromatic amines is 1. The van der Waals surface area contributed by atoms with Gasteiger partial charge in [-0.05, 0) is 98.1 Å². The van der Waals surface area contributed by atoms with Crippen LogP contribution in [0.5, 0.6) is 17.2 Å². The number of nitro benzene ring substituents is 1. The molecule has 4 N–H and O–H groups in total. The molecular formula is C48H56ClN9O9S2. The lowest BCUT2D eigenvalue weighted by molar-refractivity contribution is -0.384. The second kappa shape index (κ2) is 19.6. The van der Waals surface area contributed by atoms with Gasteiger partial charge in [0.05, 0.1) is 33.9 Å². The van der Waals surface area contributed by atoms with E-state index in [1.807, 2.05) is 18.2 Å². The number of fused-ring (bicyclic) bond motifs is 2. The van der Waals surface area contributed by atoms with Gasteiger partial charge in [-0.3, -0.25) is 19.8 Å². The number of likely N-dealkylation sites (tertiary alicyclic amines) is 1. The lowest BCUT2D eigenvalue weighted by Crippen LogP contribution is -2.49. The monoisotopic (exact) mass is 1000 g/mol. The van der Waals surface area contributed by atoms with Gasteiger partial charge in [0.2, 0.25) is 10.0 Å². The number of benzene rings is 3. The van der Waals surface area contributed by atoms with Gasteiger partial charge in [0.1, 0.15) is 23.8 Å². The number of carbonyl (C=O) groups excluding carboxylic acids is 1. The molecule has 18 nitrogen and oxygen atoms in total. The Bertz CT molecular complexity index is 3020. The highest BCUT2D eigenvalue weighted by Crippen LogP contribution is 2.44. The predicted molar refractivity (Wildman–Crippen MR) is 265 cm³/mol. The molecule has 5 heterocycles.